The van der Waals surface area contributed by atoms with Crippen LogP contribution >= 0.6 is 22.9 Å². The molecule has 0 radical (unpaired) electrons. The highest BCUT2D eigenvalue weighted by Gasteiger charge is 2.34. The first-order valence-corrected chi connectivity index (χ1v) is 9.00. The summed E-state index contributed by atoms with van der Waals surface area (Å²) >= 11 is 6.88. The van der Waals surface area contributed by atoms with Crippen molar-refractivity contribution in [1.29, 1.82) is 0 Å². The predicted molar refractivity (Wildman–Crippen MR) is 77.8 cm³/mol. The van der Waals surface area contributed by atoms with E-state index in [9.17, 15) is 18.3 Å². The van der Waals surface area contributed by atoms with Crippen LogP contribution < -0.4 is 4.72 Å². The molecular formula is C12H16ClNO4S2. The van der Waals surface area contributed by atoms with Crippen molar-refractivity contribution in [3.63, 3.8) is 0 Å². The fraction of sp³-hybridized carbons (Fsp3) is 0.583. The van der Waals surface area contributed by atoms with Crippen LogP contribution in [0.25, 0.3) is 0 Å². The Bertz CT molecular complexity index is 591. The molecule has 2 unspecified atom stereocenters. The fourth-order valence-electron chi connectivity index (χ4n) is 2.39. The SMILES string of the molecule is Cc1cc(S(=O)(=O)NC2CCCCC2C(=O)O)sc1Cl. The molecule has 1 aliphatic rings. The summed E-state index contributed by atoms with van der Waals surface area (Å²) in [6, 6.07) is 0.959. The van der Waals surface area contributed by atoms with Gasteiger partial charge in [0.15, 0.2) is 0 Å². The summed E-state index contributed by atoms with van der Waals surface area (Å²) in [5, 5.41) is 9.17. The van der Waals surface area contributed by atoms with Crippen LogP contribution in [0, 0.1) is 12.8 Å². The lowest BCUT2D eigenvalue weighted by Crippen LogP contribution is -2.44. The fourth-order valence-corrected chi connectivity index (χ4v) is 5.42. The van der Waals surface area contributed by atoms with Crippen molar-refractivity contribution in [2.45, 2.75) is 42.9 Å². The number of carboxylic acids is 1. The van der Waals surface area contributed by atoms with E-state index in [-0.39, 0.29) is 4.21 Å². The summed E-state index contributed by atoms with van der Waals surface area (Å²) in [7, 11) is -3.71. The van der Waals surface area contributed by atoms with Gasteiger partial charge in [0.25, 0.3) is 0 Å². The summed E-state index contributed by atoms with van der Waals surface area (Å²) in [5.41, 5.74) is 0.704. The Balaban J connectivity index is 2.20. The third-order valence-corrected chi connectivity index (χ3v) is 7.01. The number of nitrogens with one attached hydrogen (secondary N) is 1. The number of hydrogen-bond acceptors (Lipinski definition) is 4. The Kier molecular flexibility index (Phi) is 4.73. The maximum Gasteiger partial charge on any atom is 0.308 e. The maximum absolute atomic E-state index is 12.3. The third-order valence-electron chi connectivity index (χ3n) is 3.49. The normalized spacial score (nSPS) is 23.7. The maximum atomic E-state index is 12.3. The Labute approximate surface area is 127 Å². The van der Waals surface area contributed by atoms with Crippen molar-refractivity contribution in [1.82, 2.24) is 4.72 Å². The van der Waals surface area contributed by atoms with E-state index in [0.29, 0.717) is 22.7 Å². The van der Waals surface area contributed by atoms with E-state index >= 15 is 0 Å². The summed E-state index contributed by atoms with van der Waals surface area (Å²) < 4.78 is 27.7. The number of carboxylic acid groups (broad SMARTS) is 1. The van der Waals surface area contributed by atoms with Gasteiger partial charge in [-0.25, -0.2) is 13.1 Å². The minimum atomic E-state index is -3.71. The van der Waals surface area contributed by atoms with E-state index < -0.39 is 28.0 Å². The molecule has 5 nitrogen and oxygen atoms in total. The molecule has 0 aromatic carbocycles. The molecule has 0 spiro atoms. The molecule has 0 saturated heterocycles. The van der Waals surface area contributed by atoms with Crippen LogP contribution in [-0.2, 0) is 14.8 Å². The number of aliphatic carboxylic acids is 1. The molecule has 0 amide bonds. The minimum absolute atomic E-state index is 0.134. The molecule has 1 heterocycles. The van der Waals surface area contributed by atoms with Gasteiger partial charge in [-0.15, -0.1) is 11.3 Å². The van der Waals surface area contributed by atoms with Crippen LogP contribution in [0.15, 0.2) is 10.3 Å². The zero-order chi connectivity index (χ0) is 14.9. The smallest absolute Gasteiger partial charge is 0.308 e. The van der Waals surface area contributed by atoms with Gasteiger partial charge in [-0.3, -0.25) is 4.79 Å². The van der Waals surface area contributed by atoms with E-state index in [1.807, 2.05) is 0 Å². The van der Waals surface area contributed by atoms with Crippen LogP contribution in [0.2, 0.25) is 4.34 Å². The second-order valence-corrected chi connectivity index (χ2v) is 8.57. The van der Waals surface area contributed by atoms with E-state index in [2.05, 4.69) is 4.72 Å². The Morgan fingerprint density at radius 1 is 1.45 bits per heavy atom. The highest BCUT2D eigenvalue weighted by Crippen LogP contribution is 2.31. The van der Waals surface area contributed by atoms with Gasteiger partial charge in [0.2, 0.25) is 10.0 Å². The number of sulfonamides is 1. The molecule has 1 aromatic heterocycles. The molecule has 8 heteroatoms. The summed E-state index contributed by atoms with van der Waals surface area (Å²) in [6.07, 6.45) is 2.71. The number of carbonyl (C=O) groups is 1. The van der Waals surface area contributed by atoms with Crippen molar-refractivity contribution >= 4 is 38.9 Å². The number of thiophene rings is 1. The van der Waals surface area contributed by atoms with Crippen LogP contribution in [0.4, 0.5) is 0 Å². The van der Waals surface area contributed by atoms with Crippen LogP contribution in [-0.4, -0.2) is 25.5 Å². The molecule has 2 N–H and O–H groups in total. The minimum Gasteiger partial charge on any atom is -0.481 e. The van der Waals surface area contributed by atoms with Crippen molar-refractivity contribution in [2.75, 3.05) is 0 Å². The molecule has 0 bridgehead atoms. The van der Waals surface area contributed by atoms with Crippen molar-refractivity contribution in [2.24, 2.45) is 5.92 Å². The summed E-state index contributed by atoms with van der Waals surface area (Å²) in [4.78, 5) is 11.2. The molecule has 1 aromatic rings. The summed E-state index contributed by atoms with van der Waals surface area (Å²) in [5.74, 6) is -1.60. The lowest BCUT2D eigenvalue weighted by molar-refractivity contribution is -0.143. The molecule has 2 atom stereocenters. The van der Waals surface area contributed by atoms with Crippen molar-refractivity contribution < 1.29 is 18.3 Å². The van der Waals surface area contributed by atoms with E-state index in [4.69, 9.17) is 11.6 Å². The van der Waals surface area contributed by atoms with Gasteiger partial charge >= 0.3 is 5.97 Å². The quantitative estimate of drug-likeness (QED) is 0.884. The lowest BCUT2D eigenvalue weighted by Gasteiger charge is -2.28. The topological polar surface area (TPSA) is 83.5 Å². The zero-order valence-corrected chi connectivity index (χ0v) is 13.3. The first-order valence-electron chi connectivity index (χ1n) is 6.32. The van der Waals surface area contributed by atoms with Gasteiger partial charge in [0, 0.05) is 6.04 Å². The molecular weight excluding hydrogens is 322 g/mol. The van der Waals surface area contributed by atoms with Gasteiger partial charge in [-0.05, 0) is 31.4 Å². The van der Waals surface area contributed by atoms with Crippen LogP contribution in [0.3, 0.4) is 0 Å². The predicted octanol–water partition coefficient (Wildman–Crippen LogP) is 2.63. The molecule has 0 aliphatic heterocycles. The highest BCUT2D eigenvalue weighted by molar-refractivity contribution is 7.91. The number of rotatable bonds is 4. The molecule has 2 rings (SSSR count). The average molecular weight is 338 g/mol. The monoisotopic (exact) mass is 337 g/mol. The first-order chi connectivity index (χ1) is 9.31. The molecule has 112 valence electrons. The first kappa shape index (κ1) is 15.8. The summed E-state index contributed by atoms with van der Waals surface area (Å²) in [6.45, 7) is 1.73. The molecule has 1 fully saturated rings. The van der Waals surface area contributed by atoms with Gasteiger partial charge in [0.1, 0.15) is 4.21 Å². The van der Waals surface area contributed by atoms with Crippen LogP contribution in [0.1, 0.15) is 31.2 Å². The second-order valence-electron chi connectivity index (χ2n) is 4.98. The molecule has 20 heavy (non-hydrogen) atoms. The van der Waals surface area contributed by atoms with E-state index in [1.165, 1.54) is 6.07 Å². The number of halogens is 1. The Morgan fingerprint density at radius 3 is 2.65 bits per heavy atom. The second kappa shape index (κ2) is 6.01. The number of aryl methyl sites for hydroxylation is 1. The molecule has 1 aliphatic carbocycles. The number of hydrogen-bond donors (Lipinski definition) is 2. The standard InChI is InChI=1S/C12H16ClNO4S2/c1-7-6-10(19-11(7)13)20(17,18)14-9-5-3-2-4-8(9)12(15)16/h6,8-9,14H,2-5H2,1H3,(H,15,16). The zero-order valence-electron chi connectivity index (χ0n) is 10.9. The average Bonchev–Trinajstić information content (AvgIpc) is 2.70. The van der Waals surface area contributed by atoms with Gasteiger partial charge in [-0.1, -0.05) is 24.4 Å². The van der Waals surface area contributed by atoms with Gasteiger partial charge < -0.3 is 5.11 Å². The molecule has 1 saturated carbocycles. The van der Waals surface area contributed by atoms with Crippen molar-refractivity contribution in [3.8, 4) is 0 Å². The third kappa shape index (κ3) is 3.33. The van der Waals surface area contributed by atoms with Gasteiger partial charge in [-0.2, -0.15) is 0 Å². The van der Waals surface area contributed by atoms with Gasteiger partial charge in [0.05, 0.1) is 10.3 Å². The van der Waals surface area contributed by atoms with E-state index in [1.54, 1.807) is 6.92 Å². The lowest BCUT2D eigenvalue weighted by atomic mass is 9.85. The Hall–Kier alpha value is -0.630. The highest BCUT2D eigenvalue weighted by atomic mass is 35.5. The largest absolute Gasteiger partial charge is 0.481 e. The van der Waals surface area contributed by atoms with E-state index in [0.717, 1.165) is 24.2 Å². The Morgan fingerprint density at radius 2 is 2.10 bits per heavy atom. The van der Waals surface area contributed by atoms with Crippen molar-refractivity contribution in [3.05, 3.63) is 16.0 Å². The van der Waals surface area contributed by atoms with Crippen LogP contribution in [0.5, 0.6) is 0 Å².